The molecule has 0 bridgehead atoms. The summed E-state index contributed by atoms with van der Waals surface area (Å²) in [6, 6.07) is 9.86. The Hall–Kier alpha value is -1.47. The minimum Gasteiger partial charge on any atom is -0.392 e. The van der Waals surface area contributed by atoms with E-state index in [9.17, 15) is 8.42 Å². The Balaban J connectivity index is 2.10. The van der Waals surface area contributed by atoms with Gasteiger partial charge in [0.2, 0.25) is 10.0 Å². The van der Waals surface area contributed by atoms with Crippen LogP contribution < -0.4 is 4.72 Å². The second kappa shape index (κ2) is 6.32. The summed E-state index contributed by atoms with van der Waals surface area (Å²) < 4.78 is 26.5. The molecular formula is C13H13ClN2O3S. The van der Waals surface area contributed by atoms with Gasteiger partial charge in [0.1, 0.15) is 10.0 Å². The van der Waals surface area contributed by atoms with Gasteiger partial charge in [0.15, 0.2) is 0 Å². The maximum Gasteiger partial charge on any atom is 0.242 e. The maximum atomic E-state index is 12.0. The molecule has 1 aromatic carbocycles. The van der Waals surface area contributed by atoms with E-state index >= 15 is 0 Å². The van der Waals surface area contributed by atoms with Crippen molar-refractivity contribution in [1.82, 2.24) is 9.71 Å². The minimum atomic E-state index is -3.63. The quantitative estimate of drug-likeness (QED) is 0.824. The van der Waals surface area contributed by atoms with Gasteiger partial charge in [0.05, 0.1) is 6.61 Å². The van der Waals surface area contributed by atoms with E-state index in [0.29, 0.717) is 0 Å². The van der Waals surface area contributed by atoms with Gasteiger partial charge < -0.3 is 5.11 Å². The van der Waals surface area contributed by atoms with Gasteiger partial charge in [-0.15, -0.1) is 0 Å². The Morgan fingerprint density at radius 2 is 1.95 bits per heavy atom. The van der Waals surface area contributed by atoms with Gasteiger partial charge in [-0.1, -0.05) is 35.9 Å². The molecule has 7 heteroatoms. The normalized spacial score (nSPS) is 11.5. The van der Waals surface area contributed by atoms with Crippen LogP contribution in [0.1, 0.15) is 11.1 Å². The maximum absolute atomic E-state index is 12.0. The van der Waals surface area contributed by atoms with Gasteiger partial charge >= 0.3 is 0 Å². The van der Waals surface area contributed by atoms with Crippen molar-refractivity contribution < 1.29 is 13.5 Å². The van der Waals surface area contributed by atoms with Gasteiger partial charge in [-0.2, -0.15) is 0 Å². The van der Waals surface area contributed by atoms with Crippen LogP contribution in [0.4, 0.5) is 0 Å². The van der Waals surface area contributed by atoms with Crippen molar-refractivity contribution in [3.8, 4) is 0 Å². The number of halogens is 1. The molecule has 0 spiro atoms. The van der Waals surface area contributed by atoms with E-state index in [1.54, 1.807) is 24.3 Å². The first-order valence-corrected chi connectivity index (χ1v) is 7.67. The first-order chi connectivity index (χ1) is 9.51. The van der Waals surface area contributed by atoms with E-state index in [2.05, 4.69) is 9.71 Å². The van der Waals surface area contributed by atoms with Crippen LogP contribution >= 0.6 is 11.6 Å². The van der Waals surface area contributed by atoms with Crippen molar-refractivity contribution in [2.24, 2.45) is 0 Å². The lowest BCUT2D eigenvalue weighted by Crippen LogP contribution is -2.23. The van der Waals surface area contributed by atoms with E-state index in [0.717, 1.165) is 11.1 Å². The van der Waals surface area contributed by atoms with Crippen molar-refractivity contribution in [1.29, 1.82) is 0 Å². The van der Waals surface area contributed by atoms with E-state index in [4.69, 9.17) is 16.7 Å². The zero-order valence-corrected chi connectivity index (χ0v) is 12.0. The number of nitrogens with one attached hydrogen (secondary N) is 1. The molecule has 2 rings (SSSR count). The average Bonchev–Trinajstić information content (AvgIpc) is 2.46. The Labute approximate surface area is 122 Å². The highest BCUT2D eigenvalue weighted by Crippen LogP contribution is 2.12. The molecule has 0 unspecified atom stereocenters. The fraction of sp³-hybridized carbons (Fsp3) is 0.154. The molecule has 20 heavy (non-hydrogen) atoms. The topological polar surface area (TPSA) is 79.3 Å². The second-order valence-electron chi connectivity index (χ2n) is 4.12. The Morgan fingerprint density at radius 1 is 1.20 bits per heavy atom. The van der Waals surface area contributed by atoms with E-state index in [-0.39, 0.29) is 23.2 Å². The Kier molecular flexibility index (Phi) is 4.72. The molecule has 0 fully saturated rings. The van der Waals surface area contributed by atoms with Gasteiger partial charge in [-0.3, -0.25) is 0 Å². The van der Waals surface area contributed by atoms with Crippen molar-refractivity contribution in [2.45, 2.75) is 18.0 Å². The number of pyridine rings is 1. The van der Waals surface area contributed by atoms with Gasteiger partial charge in [-0.05, 0) is 23.3 Å². The SMILES string of the molecule is O=S(=O)(NCc1cccc(CO)c1)c1ccc(Cl)nc1. The number of rotatable bonds is 5. The standard InChI is InChI=1S/C13H13ClN2O3S/c14-13-5-4-12(8-15-13)20(18,19)16-7-10-2-1-3-11(6-10)9-17/h1-6,8,16-17H,7,9H2. The monoisotopic (exact) mass is 312 g/mol. The summed E-state index contributed by atoms with van der Waals surface area (Å²) in [5.41, 5.74) is 1.50. The smallest absolute Gasteiger partial charge is 0.242 e. The lowest BCUT2D eigenvalue weighted by molar-refractivity contribution is 0.281. The number of sulfonamides is 1. The lowest BCUT2D eigenvalue weighted by atomic mass is 10.1. The van der Waals surface area contributed by atoms with Gasteiger partial charge in [-0.25, -0.2) is 18.1 Å². The highest BCUT2D eigenvalue weighted by molar-refractivity contribution is 7.89. The van der Waals surface area contributed by atoms with Crippen LogP contribution in [0.5, 0.6) is 0 Å². The summed E-state index contributed by atoms with van der Waals surface area (Å²) in [5, 5.41) is 9.27. The van der Waals surface area contributed by atoms with Crippen molar-refractivity contribution in [2.75, 3.05) is 0 Å². The van der Waals surface area contributed by atoms with Crippen LogP contribution in [0.3, 0.4) is 0 Å². The third-order valence-corrected chi connectivity index (χ3v) is 4.26. The molecule has 0 radical (unpaired) electrons. The molecular weight excluding hydrogens is 300 g/mol. The average molecular weight is 313 g/mol. The van der Waals surface area contributed by atoms with Crippen LogP contribution in [0.2, 0.25) is 5.15 Å². The largest absolute Gasteiger partial charge is 0.392 e. The van der Waals surface area contributed by atoms with Crippen molar-refractivity contribution in [3.63, 3.8) is 0 Å². The Bertz CT molecular complexity index is 687. The summed E-state index contributed by atoms with van der Waals surface area (Å²) in [7, 11) is -3.63. The van der Waals surface area contributed by atoms with Crippen LogP contribution in [0.15, 0.2) is 47.5 Å². The summed E-state index contributed by atoms with van der Waals surface area (Å²) in [5.74, 6) is 0. The molecule has 0 atom stereocenters. The molecule has 0 aliphatic carbocycles. The van der Waals surface area contributed by atoms with E-state index in [1.807, 2.05) is 0 Å². The van der Waals surface area contributed by atoms with Gasteiger partial charge in [0.25, 0.3) is 0 Å². The molecule has 2 aromatic rings. The first-order valence-electron chi connectivity index (χ1n) is 5.81. The minimum absolute atomic E-state index is 0.0558. The van der Waals surface area contributed by atoms with Crippen LogP contribution in [0, 0.1) is 0 Å². The Morgan fingerprint density at radius 3 is 2.60 bits per heavy atom. The number of nitrogens with zero attached hydrogens (tertiary/aromatic N) is 1. The lowest BCUT2D eigenvalue weighted by Gasteiger charge is -2.07. The zero-order valence-electron chi connectivity index (χ0n) is 10.5. The van der Waals surface area contributed by atoms with Crippen molar-refractivity contribution >= 4 is 21.6 Å². The summed E-state index contributed by atoms with van der Waals surface area (Å²) in [4.78, 5) is 3.80. The highest BCUT2D eigenvalue weighted by atomic mass is 35.5. The number of aliphatic hydroxyl groups is 1. The molecule has 0 aliphatic heterocycles. The molecule has 1 aromatic heterocycles. The molecule has 0 saturated carbocycles. The fourth-order valence-corrected chi connectivity index (χ4v) is 2.69. The number of hydrogen-bond donors (Lipinski definition) is 2. The van der Waals surface area contributed by atoms with Crippen molar-refractivity contribution in [3.05, 3.63) is 58.9 Å². The number of aliphatic hydroxyl groups excluding tert-OH is 1. The molecule has 0 saturated heterocycles. The van der Waals surface area contributed by atoms with Gasteiger partial charge in [0, 0.05) is 12.7 Å². The van der Waals surface area contributed by atoms with Crippen LogP contribution in [0.25, 0.3) is 0 Å². The predicted molar refractivity (Wildman–Crippen MR) is 75.6 cm³/mol. The number of benzene rings is 1. The predicted octanol–water partition coefficient (Wildman–Crippen LogP) is 1.71. The molecule has 1 heterocycles. The van der Waals surface area contributed by atoms with Crippen LogP contribution in [-0.2, 0) is 23.2 Å². The van der Waals surface area contributed by atoms with Crippen LogP contribution in [-0.4, -0.2) is 18.5 Å². The molecule has 2 N–H and O–H groups in total. The second-order valence-corrected chi connectivity index (χ2v) is 6.27. The van der Waals surface area contributed by atoms with E-state index < -0.39 is 10.0 Å². The summed E-state index contributed by atoms with van der Waals surface area (Å²) in [6.45, 7) is 0.0560. The molecule has 5 nitrogen and oxygen atoms in total. The van der Waals surface area contributed by atoms with E-state index in [1.165, 1.54) is 18.3 Å². The molecule has 106 valence electrons. The number of hydrogen-bond acceptors (Lipinski definition) is 4. The highest BCUT2D eigenvalue weighted by Gasteiger charge is 2.14. The summed E-state index contributed by atoms with van der Waals surface area (Å²) in [6.07, 6.45) is 1.20. The summed E-state index contributed by atoms with van der Waals surface area (Å²) >= 11 is 5.62. The third-order valence-electron chi connectivity index (χ3n) is 2.65. The molecule has 0 aliphatic rings. The number of aromatic nitrogens is 1. The third kappa shape index (κ3) is 3.77. The molecule has 0 amide bonds. The first kappa shape index (κ1) is 14.9. The zero-order chi connectivity index (χ0) is 14.6. The fourth-order valence-electron chi connectivity index (χ4n) is 1.62.